The van der Waals surface area contributed by atoms with E-state index >= 15 is 0 Å². The minimum atomic E-state index is -0.320. The van der Waals surface area contributed by atoms with Crippen molar-refractivity contribution >= 4 is 39.8 Å². The van der Waals surface area contributed by atoms with Crippen molar-refractivity contribution in [2.24, 2.45) is 0 Å². The Morgan fingerprint density at radius 3 is 2.85 bits per heavy atom. The lowest BCUT2D eigenvalue weighted by Crippen LogP contribution is -2.07. The molecule has 0 bridgehead atoms. The van der Waals surface area contributed by atoms with Crippen LogP contribution in [0.3, 0.4) is 0 Å². The zero-order chi connectivity index (χ0) is 17.8. The van der Waals surface area contributed by atoms with Gasteiger partial charge in [0.15, 0.2) is 6.61 Å². The van der Waals surface area contributed by atoms with Gasteiger partial charge in [-0.1, -0.05) is 41.6 Å². The van der Waals surface area contributed by atoms with Gasteiger partial charge in [-0.25, -0.2) is 0 Å². The predicted molar refractivity (Wildman–Crippen MR) is 102 cm³/mol. The summed E-state index contributed by atoms with van der Waals surface area (Å²) in [6, 6.07) is 18.1. The number of rotatable bonds is 6. The van der Waals surface area contributed by atoms with Crippen molar-refractivity contribution in [1.82, 2.24) is 10.1 Å². The quantitative estimate of drug-likeness (QED) is 0.353. The van der Waals surface area contributed by atoms with Crippen molar-refractivity contribution in [3.05, 3.63) is 65.9 Å². The highest BCUT2D eigenvalue weighted by Crippen LogP contribution is 2.24. The van der Waals surface area contributed by atoms with Gasteiger partial charge in [0.05, 0.1) is 10.6 Å². The monoisotopic (exact) mass is 382 g/mol. The minimum absolute atomic E-state index is 0.0184. The van der Waals surface area contributed by atoms with Crippen LogP contribution in [-0.4, -0.2) is 21.9 Å². The van der Waals surface area contributed by atoms with Crippen molar-refractivity contribution in [3.8, 4) is 10.7 Å². The second-order valence-electron chi connectivity index (χ2n) is 5.45. The van der Waals surface area contributed by atoms with Gasteiger partial charge in [-0.15, -0.1) is 23.1 Å². The smallest absolute Gasteiger partial charge is 0.316 e. The zero-order valence-corrected chi connectivity index (χ0v) is 15.3. The Kier molecular flexibility index (Phi) is 4.99. The van der Waals surface area contributed by atoms with Gasteiger partial charge in [0.2, 0.25) is 5.82 Å². The lowest BCUT2D eigenvalue weighted by Gasteiger charge is -2.04. The van der Waals surface area contributed by atoms with Crippen LogP contribution in [0.25, 0.3) is 21.5 Å². The highest BCUT2D eigenvalue weighted by Gasteiger charge is 2.12. The molecule has 4 aromatic rings. The first-order chi connectivity index (χ1) is 12.8. The topological polar surface area (TPSA) is 65.2 Å². The van der Waals surface area contributed by atoms with Crippen LogP contribution in [0.4, 0.5) is 0 Å². The van der Waals surface area contributed by atoms with Crippen LogP contribution < -0.4 is 0 Å². The van der Waals surface area contributed by atoms with E-state index in [1.807, 2.05) is 41.8 Å². The first kappa shape index (κ1) is 16.8. The van der Waals surface area contributed by atoms with Gasteiger partial charge in [-0.3, -0.25) is 4.79 Å². The van der Waals surface area contributed by atoms with Crippen molar-refractivity contribution in [2.75, 3.05) is 5.75 Å². The molecule has 0 fully saturated rings. The summed E-state index contributed by atoms with van der Waals surface area (Å²) in [5.41, 5.74) is 0. The van der Waals surface area contributed by atoms with Gasteiger partial charge in [-0.05, 0) is 34.4 Å². The number of carbonyl (C=O) groups is 1. The number of carbonyl (C=O) groups excluding carboxylic acids is 1. The van der Waals surface area contributed by atoms with Gasteiger partial charge >= 0.3 is 5.97 Å². The van der Waals surface area contributed by atoms with E-state index in [4.69, 9.17) is 9.26 Å². The van der Waals surface area contributed by atoms with Gasteiger partial charge in [0.25, 0.3) is 5.89 Å². The number of nitrogens with zero attached hydrogens (tertiary/aromatic N) is 2. The first-order valence-electron chi connectivity index (χ1n) is 7.91. The molecule has 2 heterocycles. The fourth-order valence-corrected chi connectivity index (χ4v) is 3.79. The molecule has 0 N–H and O–H groups in total. The van der Waals surface area contributed by atoms with Crippen LogP contribution >= 0.6 is 23.1 Å². The summed E-state index contributed by atoms with van der Waals surface area (Å²) in [6.07, 6.45) is 0. The summed E-state index contributed by atoms with van der Waals surface area (Å²) in [7, 11) is 0. The number of fused-ring (bicyclic) bond motifs is 1. The molecule has 0 saturated heterocycles. The molecular weight excluding hydrogens is 368 g/mol. The first-order valence-corrected chi connectivity index (χ1v) is 9.78. The Balaban J connectivity index is 1.30. The molecule has 4 rings (SSSR count). The molecule has 0 spiro atoms. The summed E-state index contributed by atoms with van der Waals surface area (Å²) >= 11 is 2.97. The third-order valence-corrected chi connectivity index (χ3v) is 5.48. The van der Waals surface area contributed by atoms with Crippen LogP contribution in [0, 0.1) is 0 Å². The minimum Gasteiger partial charge on any atom is -0.455 e. The molecule has 0 amide bonds. The van der Waals surface area contributed by atoms with Crippen LogP contribution in [-0.2, 0) is 16.1 Å². The number of hydrogen-bond donors (Lipinski definition) is 0. The number of thiophene rings is 1. The van der Waals surface area contributed by atoms with E-state index in [1.54, 1.807) is 0 Å². The van der Waals surface area contributed by atoms with Crippen molar-refractivity contribution in [1.29, 1.82) is 0 Å². The van der Waals surface area contributed by atoms with Gasteiger partial charge in [0, 0.05) is 4.90 Å². The van der Waals surface area contributed by atoms with Crippen molar-refractivity contribution in [3.63, 3.8) is 0 Å². The molecule has 26 heavy (non-hydrogen) atoms. The molecular formula is C19H14N2O3S2. The number of thioether (sulfide) groups is 1. The normalized spacial score (nSPS) is 10.9. The van der Waals surface area contributed by atoms with E-state index in [-0.39, 0.29) is 24.2 Å². The molecule has 0 atom stereocenters. The fourth-order valence-electron chi connectivity index (χ4n) is 2.40. The average molecular weight is 382 g/mol. The SMILES string of the molecule is O=C(CSc1ccc2ccccc2c1)OCc1nc(-c2cccs2)no1. The molecule has 0 saturated carbocycles. The summed E-state index contributed by atoms with van der Waals surface area (Å²) in [5, 5.41) is 8.16. The zero-order valence-electron chi connectivity index (χ0n) is 13.6. The van der Waals surface area contributed by atoms with Crippen LogP contribution in [0.1, 0.15) is 5.89 Å². The Bertz CT molecular complexity index is 1030. The summed E-state index contributed by atoms with van der Waals surface area (Å²) in [5.74, 6) is 0.706. The number of hydrogen-bond acceptors (Lipinski definition) is 7. The summed E-state index contributed by atoms with van der Waals surface area (Å²) < 4.78 is 10.3. The van der Waals surface area contributed by atoms with E-state index in [0.717, 1.165) is 15.2 Å². The maximum atomic E-state index is 12.0. The maximum absolute atomic E-state index is 12.0. The average Bonchev–Trinajstić information content (AvgIpc) is 3.36. The summed E-state index contributed by atoms with van der Waals surface area (Å²) in [4.78, 5) is 18.1. The molecule has 5 nitrogen and oxygen atoms in total. The van der Waals surface area contributed by atoms with Crippen molar-refractivity contribution in [2.45, 2.75) is 11.5 Å². The van der Waals surface area contributed by atoms with Gasteiger partial charge in [0.1, 0.15) is 0 Å². The number of aromatic nitrogens is 2. The van der Waals surface area contributed by atoms with E-state index < -0.39 is 0 Å². The Morgan fingerprint density at radius 1 is 1.12 bits per heavy atom. The lowest BCUT2D eigenvalue weighted by atomic mass is 10.1. The van der Waals surface area contributed by atoms with E-state index in [1.165, 1.54) is 28.5 Å². The third kappa shape index (κ3) is 3.95. The second-order valence-corrected chi connectivity index (χ2v) is 7.44. The Morgan fingerprint density at radius 2 is 2.00 bits per heavy atom. The highest BCUT2D eigenvalue weighted by atomic mass is 32.2. The van der Waals surface area contributed by atoms with Crippen LogP contribution in [0.5, 0.6) is 0 Å². The van der Waals surface area contributed by atoms with Crippen molar-refractivity contribution < 1.29 is 14.1 Å². The fraction of sp³-hybridized carbons (Fsp3) is 0.105. The third-order valence-electron chi connectivity index (χ3n) is 3.64. The molecule has 7 heteroatoms. The van der Waals surface area contributed by atoms with Gasteiger partial charge < -0.3 is 9.26 Å². The second kappa shape index (κ2) is 7.72. The Labute approximate surface area is 158 Å². The molecule has 0 radical (unpaired) electrons. The molecule has 0 aliphatic heterocycles. The lowest BCUT2D eigenvalue weighted by molar-refractivity contribution is -0.142. The number of esters is 1. The molecule has 0 aliphatic rings. The number of ether oxygens (including phenoxy) is 1. The van der Waals surface area contributed by atoms with E-state index in [0.29, 0.717) is 5.82 Å². The maximum Gasteiger partial charge on any atom is 0.316 e. The van der Waals surface area contributed by atoms with Gasteiger partial charge in [-0.2, -0.15) is 4.98 Å². The van der Waals surface area contributed by atoms with E-state index in [9.17, 15) is 4.79 Å². The molecule has 130 valence electrons. The molecule has 2 aromatic heterocycles. The predicted octanol–water partition coefficient (Wildman–Crippen LogP) is 4.79. The van der Waals surface area contributed by atoms with Crippen LogP contribution in [0.15, 0.2) is 69.4 Å². The number of benzene rings is 2. The summed E-state index contributed by atoms with van der Waals surface area (Å²) in [6.45, 7) is -0.0184. The Hall–Kier alpha value is -2.64. The molecule has 0 aliphatic carbocycles. The standard InChI is InChI=1S/C19H14N2O3S2/c22-18(12-26-15-8-7-13-4-1-2-5-14(13)10-15)23-11-17-20-19(21-24-17)16-6-3-9-25-16/h1-10H,11-12H2. The molecule has 2 aromatic carbocycles. The highest BCUT2D eigenvalue weighted by molar-refractivity contribution is 8.00. The van der Waals surface area contributed by atoms with Crippen LogP contribution in [0.2, 0.25) is 0 Å². The largest absolute Gasteiger partial charge is 0.455 e. The molecule has 0 unspecified atom stereocenters. The van der Waals surface area contributed by atoms with E-state index in [2.05, 4.69) is 28.3 Å².